The van der Waals surface area contributed by atoms with Crippen LogP contribution in [0.25, 0.3) is 0 Å². The highest BCUT2D eigenvalue weighted by Crippen LogP contribution is 2.32. The van der Waals surface area contributed by atoms with Gasteiger partial charge in [0.15, 0.2) is 11.5 Å². The molecular weight excluding hydrogens is 356 g/mol. The Labute approximate surface area is 165 Å². The van der Waals surface area contributed by atoms with Crippen LogP contribution in [0.1, 0.15) is 15.9 Å². The lowest BCUT2D eigenvalue weighted by Crippen LogP contribution is -2.43. The molecule has 0 spiro atoms. The van der Waals surface area contributed by atoms with Gasteiger partial charge in [0.05, 0.1) is 0 Å². The zero-order valence-electron chi connectivity index (χ0n) is 16.3. The van der Waals surface area contributed by atoms with E-state index in [0.717, 1.165) is 26.2 Å². The number of pyridine rings is 1. The van der Waals surface area contributed by atoms with Crippen molar-refractivity contribution in [2.45, 2.75) is 12.6 Å². The summed E-state index contributed by atoms with van der Waals surface area (Å²) >= 11 is 0. The fourth-order valence-corrected chi connectivity index (χ4v) is 3.95. The molecule has 4 rings (SSSR count). The Morgan fingerprint density at radius 2 is 2.11 bits per heavy atom. The molecule has 7 heteroatoms. The Bertz CT molecular complexity index is 828. The second kappa shape index (κ2) is 8.16. The van der Waals surface area contributed by atoms with E-state index in [1.165, 1.54) is 5.56 Å². The number of likely N-dealkylation sites (tertiary alicyclic amines) is 1. The molecule has 1 N–H and O–H groups in total. The highest BCUT2D eigenvalue weighted by Gasteiger charge is 2.34. The van der Waals surface area contributed by atoms with Crippen molar-refractivity contribution in [3.63, 3.8) is 0 Å². The maximum absolute atomic E-state index is 12.8. The maximum Gasteiger partial charge on any atom is 0.251 e. The molecule has 2 aliphatic rings. The van der Waals surface area contributed by atoms with Gasteiger partial charge in [0, 0.05) is 56.1 Å². The highest BCUT2D eigenvalue weighted by atomic mass is 16.7. The lowest BCUT2D eigenvalue weighted by molar-refractivity contribution is 0.0926. The topological polar surface area (TPSA) is 66.9 Å². The van der Waals surface area contributed by atoms with Gasteiger partial charge in [0.1, 0.15) is 0 Å². The standard InChI is InChI=1S/C21H26N4O3/c1-24(2)11-17-12-25(10-15-4-3-7-22-9-15)13-18(17)23-21(26)16-5-6-19-20(8-16)28-14-27-19/h3-9,17-18H,10-14H2,1-2H3,(H,23,26)/t17-,18-/m1/s1. The van der Waals surface area contributed by atoms with Crippen molar-refractivity contribution in [3.05, 3.63) is 53.9 Å². The number of nitrogens with one attached hydrogen (secondary N) is 1. The van der Waals surface area contributed by atoms with Gasteiger partial charge in [0.2, 0.25) is 6.79 Å². The molecule has 148 valence electrons. The van der Waals surface area contributed by atoms with Crippen molar-refractivity contribution in [1.82, 2.24) is 20.1 Å². The Hall–Kier alpha value is -2.64. The van der Waals surface area contributed by atoms with Gasteiger partial charge in [0.25, 0.3) is 5.91 Å². The molecule has 0 radical (unpaired) electrons. The Kier molecular flexibility index (Phi) is 5.45. The fourth-order valence-electron chi connectivity index (χ4n) is 3.95. The second-order valence-electron chi connectivity index (χ2n) is 7.73. The number of aromatic nitrogens is 1. The van der Waals surface area contributed by atoms with Gasteiger partial charge in [-0.3, -0.25) is 14.7 Å². The van der Waals surface area contributed by atoms with Crippen LogP contribution >= 0.6 is 0 Å². The first-order chi connectivity index (χ1) is 13.6. The minimum atomic E-state index is -0.0738. The Morgan fingerprint density at radius 1 is 1.25 bits per heavy atom. The van der Waals surface area contributed by atoms with Crippen LogP contribution in [0.3, 0.4) is 0 Å². The minimum Gasteiger partial charge on any atom is -0.454 e. The fraction of sp³-hybridized carbons (Fsp3) is 0.429. The molecule has 0 saturated carbocycles. The normalized spacial score (nSPS) is 21.2. The van der Waals surface area contributed by atoms with E-state index >= 15 is 0 Å². The molecule has 0 aliphatic carbocycles. The van der Waals surface area contributed by atoms with E-state index in [4.69, 9.17) is 9.47 Å². The monoisotopic (exact) mass is 382 g/mol. The molecule has 28 heavy (non-hydrogen) atoms. The first-order valence-corrected chi connectivity index (χ1v) is 9.55. The minimum absolute atomic E-state index is 0.0738. The van der Waals surface area contributed by atoms with Crippen LogP contribution < -0.4 is 14.8 Å². The number of amides is 1. The number of carbonyl (C=O) groups is 1. The third-order valence-corrected chi connectivity index (χ3v) is 5.20. The van der Waals surface area contributed by atoms with Gasteiger partial charge in [-0.25, -0.2) is 0 Å². The van der Waals surface area contributed by atoms with E-state index in [0.29, 0.717) is 23.0 Å². The van der Waals surface area contributed by atoms with Crippen molar-refractivity contribution in [2.24, 2.45) is 5.92 Å². The molecule has 7 nitrogen and oxygen atoms in total. The number of ether oxygens (including phenoxy) is 2. The average molecular weight is 382 g/mol. The Balaban J connectivity index is 1.44. The van der Waals surface area contributed by atoms with Crippen LogP contribution in [-0.2, 0) is 6.54 Å². The van der Waals surface area contributed by atoms with Crippen molar-refractivity contribution in [3.8, 4) is 11.5 Å². The summed E-state index contributed by atoms with van der Waals surface area (Å²) < 4.78 is 10.7. The van der Waals surface area contributed by atoms with E-state index in [9.17, 15) is 4.79 Å². The summed E-state index contributed by atoms with van der Waals surface area (Å²) in [5.74, 6) is 1.60. The predicted octanol–water partition coefficient (Wildman–Crippen LogP) is 1.60. The molecule has 2 aromatic rings. The molecule has 1 aromatic carbocycles. The van der Waals surface area contributed by atoms with Crippen molar-refractivity contribution < 1.29 is 14.3 Å². The van der Waals surface area contributed by atoms with Gasteiger partial charge in [-0.05, 0) is 43.9 Å². The van der Waals surface area contributed by atoms with Crippen LogP contribution in [0.4, 0.5) is 0 Å². The third-order valence-electron chi connectivity index (χ3n) is 5.20. The SMILES string of the molecule is CN(C)C[C@@H]1CN(Cc2cccnc2)C[C@H]1NC(=O)c1ccc2c(c1)OCO2. The molecular formula is C21H26N4O3. The van der Waals surface area contributed by atoms with E-state index in [1.807, 2.05) is 12.3 Å². The summed E-state index contributed by atoms with van der Waals surface area (Å²) in [7, 11) is 4.14. The van der Waals surface area contributed by atoms with Crippen LogP contribution in [0, 0.1) is 5.92 Å². The number of nitrogens with zero attached hydrogens (tertiary/aromatic N) is 3. The van der Waals surface area contributed by atoms with Crippen molar-refractivity contribution >= 4 is 5.91 Å². The number of hydrogen-bond donors (Lipinski definition) is 1. The summed E-state index contributed by atoms with van der Waals surface area (Å²) in [5.41, 5.74) is 1.78. The van der Waals surface area contributed by atoms with E-state index < -0.39 is 0 Å². The van der Waals surface area contributed by atoms with Crippen LogP contribution in [0.15, 0.2) is 42.7 Å². The summed E-state index contributed by atoms with van der Waals surface area (Å²) in [6.45, 7) is 3.74. The smallest absolute Gasteiger partial charge is 0.251 e. The summed E-state index contributed by atoms with van der Waals surface area (Å²) in [4.78, 5) is 21.6. The molecule has 0 unspecified atom stereocenters. The first-order valence-electron chi connectivity index (χ1n) is 9.55. The van der Waals surface area contributed by atoms with Gasteiger partial charge >= 0.3 is 0 Å². The molecule has 1 saturated heterocycles. The first kappa shape index (κ1) is 18.7. The largest absolute Gasteiger partial charge is 0.454 e. The lowest BCUT2D eigenvalue weighted by Gasteiger charge is -2.23. The molecule has 2 aliphatic heterocycles. The van der Waals surface area contributed by atoms with E-state index in [2.05, 4.69) is 40.3 Å². The maximum atomic E-state index is 12.8. The molecule has 2 atom stereocenters. The lowest BCUT2D eigenvalue weighted by atomic mass is 10.0. The molecule has 1 amide bonds. The number of hydrogen-bond acceptors (Lipinski definition) is 6. The molecule has 3 heterocycles. The number of rotatable bonds is 6. The Morgan fingerprint density at radius 3 is 2.89 bits per heavy atom. The van der Waals surface area contributed by atoms with Gasteiger partial charge in [-0.15, -0.1) is 0 Å². The predicted molar refractivity (Wildman–Crippen MR) is 105 cm³/mol. The van der Waals surface area contributed by atoms with Crippen molar-refractivity contribution in [2.75, 3.05) is 40.5 Å². The zero-order chi connectivity index (χ0) is 19.5. The van der Waals surface area contributed by atoms with Crippen LogP contribution in [0.5, 0.6) is 11.5 Å². The van der Waals surface area contributed by atoms with E-state index in [-0.39, 0.29) is 18.7 Å². The number of fused-ring (bicyclic) bond motifs is 1. The summed E-state index contributed by atoms with van der Waals surface area (Å²) in [5, 5.41) is 3.24. The average Bonchev–Trinajstić information content (AvgIpc) is 3.28. The van der Waals surface area contributed by atoms with Gasteiger partial charge < -0.3 is 19.7 Å². The van der Waals surface area contributed by atoms with Gasteiger partial charge in [-0.1, -0.05) is 6.07 Å². The zero-order valence-corrected chi connectivity index (χ0v) is 16.3. The third kappa shape index (κ3) is 4.26. The van der Waals surface area contributed by atoms with Crippen LogP contribution in [0.2, 0.25) is 0 Å². The summed E-state index contributed by atoms with van der Waals surface area (Å²) in [6.07, 6.45) is 3.69. The molecule has 1 fully saturated rings. The molecule has 1 aromatic heterocycles. The van der Waals surface area contributed by atoms with E-state index in [1.54, 1.807) is 24.4 Å². The van der Waals surface area contributed by atoms with Crippen LogP contribution in [-0.4, -0.2) is 67.3 Å². The second-order valence-corrected chi connectivity index (χ2v) is 7.73. The molecule has 0 bridgehead atoms. The number of carbonyl (C=O) groups excluding carboxylic acids is 1. The summed E-state index contributed by atoms with van der Waals surface area (Å²) in [6, 6.07) is 9.47. The van der Waals surface area contributed by atoms with Gasteiger partial charge in [-0.2, -0.15) is 0 Å². The highest BCUT2D eigenvalue weighted by molar-refractivity contribution is 5.95. The van der Waals surface area contributed by atoms with Crippen molar-refractivity contribution in [1.29, 1.82) is 0 Å². The number of benzene rings is 1. The quantitative estimate of drug-likeness (QED) is 0.819.